The van der Waals surface area contributed by atoms with E-state index in [4.69, 9.17) is 5.73 Å². The summed E-state index contributed by atoms with van der Waals surface area (Å²) in [6.07, 6.45) is 0. The molecule has 1 aromatic carbocycles. The Hall–Kier alpha value is -2.04. The molecule has 0 bridgehead atoms. The van der Waals surface area contributed by atoms with Gasteiger partial charge in [-0.1, -0.05) is 17.7 Å². The van der Waals surface area contributed by atoms with Crippen LogP contribution in [0.1, 0.15) is 31.9 Å². The van der Waals surface area contributed by atoms with Gasteiger partial charge in [0.15, 0.2) is 0 Å². The van der Waals surface area contributed by atoms with Gasteiger partial charge in [0.05, 0.1) is 5.69 Å². The number of aromatic nitrogens is 3. The van der Waals surface area contributed by atoms with Gasteiger partial charge in [0, 0.05) is 5.54 Å². The van der Waals surface area contributed by atoms with Gasteiger partial charge in [0.1, 0.15) is 0 Å². The van der Waals surface area contributed by atoms with Gasteiger partial charge in [0.25, 0.3) is 0 Å². The van der Waals surface area contributed by atoms with Crippen LogP contribution in [0.2, 0.25) is 0 Å². The Morgan fingerprint density at radius 1 is 1.21 bits per heavy atom. The molecule has 0 aliphatic carbocycles. The molecule has 2 rings (SSSR count). The van der Waals surface area contributed by atoms with Crippen molar-refractivity contribution >= 4 is 11.9 Å². The van der Waals surface area contributed by atoms with E-state index in [1.54, 1.807) is 4.68 Å². The fraction of sp³-hybridized carbons (Fsp3) is 0.429. The van der Waals surface area contributed by atoms with Crippen molar-refractivity contribution in [3.05, 3.63) is 29.3 Å². The summed E-state index contributed by atoms with van der Waals surface area (Å²) in [4.78, 5) is 4.25. The number of anilines is 2. The number of hydrogen-bond acceptors (Lipinski definition) is 4. The van der Waals surface area contributed by atoms with E-state index in [0.717, 1.165) is 11.3 Å². The van der Waals surface area contributed by atoms with Crippen LogP contribution in [0.4, 0.5) is 11.9 Å². The zero-order valence-corrected chi connectivity index (χ0v) is 12.2. The Labute approximate surface area is 113 Å². The lowest BCUT2D eigenvalue weighted by Gasteiger charge is -2.18. The van der Waals surface area contributed by atoms with Crippen LogP contribution in [0.15, 0.2) is 18.2 Å². The first-order valence-corrected chi connectivity index (χ1v) is 6.34. The van der Waals surface area contributed by atoms with Gasteiger partial charge in [-0.05, 0) is 46.2 Å². The zero-order valence-electron chi connectivity index (χ0n) is 12.2. The van der Waals surface area contributed by atoms with Crippen molar-refractivity contribution in [2.45, 2.75) is 40.2 Å². The fourth-order valence-electron chi connectivity index (χ4n) is 1.93. The summed E-state index contributed by atoms with van der Waals surface area (Å²) in [5.74, 6) is 0.934. The van der Waals surface area contributed by atoms with Crippen LogP contribution in [0.25, 0.3) is 5.69 Å². The fourth-order valence-corrected chi connectivity index (χ4v) is 1.93. The van der Waals surface area contributed by atoms with E-state index >= 15 is 0 Å². The van der Waals surface area contributed by atoms with Crippen molar-refractivity contribution in [2.24, 2.45) is 0 Å². The van der Waals surface area contributed by atoms with E-state index in [2.05, 4.69) is 49.2 Å². The first kappa shape index (κ1) is 13.4. The van der Waals surface area contributed by atoms with Gasteiger partial charge in [-0.25, -0.2) is 0 Å². The Kier molecular flexibility index (Phi) is 3.22. The molecule has 1 heterocycles. The first-order valence-electron chi connectivity index (χ1n) is 6.34. The van der Waals surface area contributed by atoms with Crippen molar-refractivity contribution < 1.29 is 0 Å². The lowest BCUT2D eigenvalue weighted by atomic mass is 10.1. The SMILES string of the molecule is Cc1ccc(-n2nc(NC(C)(C)C)nc2N)c(C)c1. The summed E-state index contributed by atoms with van der Waals surface area (Å²) < 4.78 is 1.67. The number of benzene rings is 1. The van der Waals surface area contributed by atoms with Gasteiger partial charge in [0.2, 0.25) is 11.9 Å². The maximum atomic E-state index is 5.95. The molecule has 0 amide bonds. The smallest absolute Gasteiger partial charge is 0.244 e. The van der Waals surface area contributed by atoms with E-state index in [1.165, 1.54) is 5.56 Å². The Balaban J connectivity index is 2.40. The Bertz CT molecular complexity index is 592. The molecule has 0 atom stereocenters. The second-order valence-corrected chi connectivity index (χ2v) is 5.87. The third-order valence-corrected chi connectivity index (χ3v) is 2.70. The van der Waals surface area contributed by atoms with Crippen LogP contribution < -0.4 is 11.1 Å². The molecule has 5 heteroatoms. The van der Waals surface area contributed by atoms with Crippen LogP contribution in [0, 0.1) is 13.8 Å². The maximum Gasteiger partial charge on any atom is 0.244 e. The van der Waals surface area contributed by atoms with Gasteiger partial charge in [-0.2, -0.15) is 9.67 Å². The lowest BCUT2D eigenvalue weighted by molar-refractivity contribution is 0.625. The molecule has 19 heavy (non-hydrogen) atoms. The highest BCUT2D eigenvalue weighted by Gasteiger charge is 2.15. The number of nitrogens with two attached hydrogens (primary N) is 1. The van der Waals surface area contributed by atoms with Gasteiger partial charge in [-0.15, -0.1) is 5.10 Å². The minimum Gasteiger partial charge on any atom is -0.368 e. The molecule has 5 nitrogen and oxygen atoms in total. The van der Waals surface area contributed by atoms with Crippen LogP contribution in [-0.2, 0) is 0 Å². The highest BCUT2D eigenvalue weighted by molar-refractivity contribution is 5.48. The van der Waals surface area contributed by atoms with Crippen molar-refractivity contribution in [3.8, 4) is 5.69 Å². The number of rotatable bonds is 2. The van der Waals surface area contributed by atoms with Crippen LogP contribution in [0.3, 0.4) is 0 Å². The lowest BCUT2D eigenvalue weighted by Crippen LogP contribution is -2.26. The molecule has 3 N–H and O–H groups in total. The molecule has 1 aromatic heterocycles. The molecule has 2 aromatic rings. The Morgan fingerprint density at radius 3 is 2.47 bits per heavy atom. The third kappa shape index (κ3) is 3.05. The summed E-state index contributed by atoms with van der Waals surface area (Å²) in [6, 6.07) is 6.16. The molecule has 0 aliphatic rings. The highest BCUT2D eigenvalue weighted by atomic mass is 15.4. The summed E-state index contributed by atoms with van der Waals surface area (Å²) in [5.41, 5.74) is 9.15. The number of nitrogen functional groups attached to an aromatic ring is 1. The molecule has 0 saturated heterocycles. The number of hydrogen-bond donors (Lipinski definition) is 2. The van der Waals surface area contributed by atoms with Crippen molar-refractivity contribution in [1.29, 1.82) is 0 Å². The molecule has 0 radical (unpaired) electrons. The number of nitrogens with one attached hydrogen (secondary N) is 1. The zero-order chi connectivity index (χ0) is 14.2. The summed E-state index contributed by atoms with van der Waals surface area (Å²) in [5, 5.41) is 7.65. The van der Waals surface area contributed by atoms with E-state index in [-0.39, 0.29) is 5.54 Å². The molecular weight excluding hydrogens is 238 g/mol. The summed E-state index contributed by atoms with van der Waals surface area (Å²) in [6.45, 7) is 10.3. The van der Waals surface area contributed by atoms with Gasteiger partial charge >= 0.3 is 0 Å². The van der Waals surface area contributed by atoms with Gasteiger partial charge < -0.3 is 11.1 Å². The summed E-state index contributed by atoms with van der Waals surface area (Å²) in [7, 11) is 0. The molecular formula is C14H21N5. The molecule has 102 valence electrons. The van der Waals surface area contributed by atoms with Crippen molar-refractivity contribution in [2.75, 3.05) is 11.1 Å². The molecule has 0 saturated carbocycles. The average molecular weight is 259 g/mol. The number of aryl methyl sites for hydroxylation is 2. The molecule has 0 aliphatic heterocycles. The minimum atomic E-state index is -0.0963. The second-order valence-electron chi connectivity index (χ2n) is 5.87. The maximum absolute atomic E-state index is 5.95. The summed E-state index contributed by atoms with van der Waals surface area (Å²) >= 11 is 0. The van der Waals surface area contributed by atoms with Crippen LogP contribution in [-0.4, -0.2) is 20.3 Å². The largest absolute Gasteiger partial charge is 0.368 e. The normalized spacial score (nSPS) is 11.6. The van der Waals surface area contributed by atoms with Crippen LogP contribution in [0.5, 0.6) is 0 Å². The van der Waals surface area contributed by atoms with Gasteiger partial charge in [-0.3, -0.25) is 0 Å². The quantitative estimate of drug-likeness (QED) is 0.870. The predicted octanol–water partition coefficient (Wildman–Crippen LogP) is 2.68. The van der Waals surface area contributed by atoms with E-state index in [0.29, 0.717) is 11.9 Å². The first-order chi connectivity index (χ1) is 8.76. The predicted molar refractivity (Wildman–Crippen MR) is 78.6 cm³/mol. The molecule has 0 unspecified atom stereocenters. The van der Waals surface area contributed by atoms with Crippen molar-refractivity contribution in [1.82, 2.24) is 14.8 Å². The molecule has 0 spiro atoms. The Morgan fingerprint density at radius 2 is 1.89 bits per heavy atom. The van der Waals surface area contributed by atoms with E-state index < -0.39 is 0 Å². The minimum absolute atomic E-state index is 0.0963. The van der Waals surface area contributed by atoms with E-state index in [1.807, 2.05) is 19.1 Å². The third-order valence-electron chi connectivity index (χ3n) is 2.70. The highest BCUT2D eigenvalue weighted by Crippen LogP contribution is 2.20. The van der Waals surface area contributed by atoms with E-state index in [9.17, 15) is 0 Å². The molecule has 0 fully saturated rings. The second kappa shape index (κ2) is 4.57. The van der Waals surface area contributed by atoms with Crippen molar-refractivity contribution in [3.63, 3.8) is 0 Å². The number of nitrogens with zero attached hydrogens (tertiary/aromatic N) is 3. The van der Waals surface area contributed by atoms with Crippen LogP contribution >= 0.6 is 0 Å². The monoisotopic (exact) mass is 259 g/mol. The average Bonchev–Trinajstić information content (AvgIpc) is 2.56. The topological polar surface area (TPSA) is 68.8 Å². The standard InChI is InChI=1S/C14H21N5/c1-9-6-7-11(10(2)8-9)19-12(15)16-13(18-19)17-14(3,4)5/h6-8H,1-5H3,(H3,15,16,17,18).